The lowest BCUT2D eigenvalue weighted by Crippen LogP contribution is -2.32. The normalized spacial score (nSPS) is 12.2. The maximum absolute atomic E-state index is 10.3. The molecule has 5 nitrogen and oxygen atoms in total. The quantitative estimate of drug-likeness (QED) is 0.363. The van der Waals surface area contributed by atoms with Gasteiger partial charge in [-0.1, -0.05) is 66.7 Å². The lowest BCUT2D eigenvalue weighted by Gasteiger charge is -2.13. The van der Waals surface area contributed by atoms with E-state index in [4.69, 9.17) is 4.74 Å². The van der Waals surface area contributed by atoms with Crippen molar-refractivity contribution in [2.24, 2.45) is 0 Å². The van der Waals surface area contributed by atoms with Gasteiger partial charge in [-0.15, -0.1) is 0 Å². The minimum Gasteiger partial charge on any atom is -0.490 e. The number of rotatable bonds is 11. The molecule has 0 saturated carbocycles. The van der Waals surface area contributed by atoms with Crippen LogP contribution in [0, 0.1) is 0 Å². The zero-order chi connectivity index (χ0) is 21.3. The van der Waals surface area contributed by atoms with Crippen LogP contribution in [0.1, 0.15) is 17.5 Å². The van der Waals surface area contributed by atoms with Crippen LogP contribution < -0.4 is 10.1 Å². The molecule has 4 rings (SSSR count). The van der Waals surface area contributed by atoms with Crippen LogP contribution in [-0.2, 0) is 13.0 Å². The summed E-state index contributed by atoms with van der Waals surface area (Å²) in [4.78, 5) is 0. The molecule has 0 aliphatic heterocycles. The van der Waals surface area contributed by atoms with Gasteiger partial charge in [-0.3, -0.25) is 4.68 Å². The molecular weight excluding hydrogens is 386 g/mol. The van der Waals surface area contributed by atoms with Gasteiger partial charge in [-0.25, -0.2) is 0 Å². The number of hydrogen-bond donors (Lipinski definition) is 2. The lowest BCUT2D eigenvalue weighted by molar-refractivity contribution is 0.107. The van der Waals surface area contributed by atoms with Crippen molar-refractivity contribution in [2.45, 2.75) is 25.5 Å². The van der Waals surface area contributed by atoms with Gasteiger partial charge in [0, 0.05) is 12.7 Å². The summed E-state index contributed by atoms with van der Waals surface area (Å²) in [7, 11) is 0. The summed E-state index contributed by atoms with van der Waals surface area (Å²) in [5.41, 5.74) is 3.43. The van der Waals surface area contributed by atoms with E-state index in [2.05, 4.69) is 46.8 Å². The van der Waals surface area contributed by atoms with Crippen molar-refractivity contribution in [2.75, 3.05) is 19.7 Å². The highest BCUT2D eigenvalue weighted by atomic mass is 16.5. The number of aryl methyl sites for hydroxylation is 1. The van der Waals surface area contributed by atoms with Gasteiger partial charge in [-0.2, -0.15) is 5.10 Å². The number of aliphatic hydroxyl groups excluding tert-OH is 1. The first-order chi connectivity index (χ1) is 15.3. The van der Waals surface area contributed by atoms with Crippen LogP contribution in [0.15, 0.2) is 85.1 Å². The van der Waals surface area contributed by atoms with Gasteiger partial charge in [0.15, 0.2) is 0 Å². The first-order valence-electron chi connectivity index (χ1n) is 10.8. The fourth-order valence-corrected chi connectivity index (χ4v) is 3.62. The fourth-order valence-electron chi connectivity index (χ4n) is 3.62. The average Bonchev–Trinajstić information content (AvgIpc) is 3.22. The fraction of sp³-hybridized carbons (Fsp3) is 0.269. The van der Waals surface area contributed by atoms with Gasteiger partial charge >= 0.3 is 0 Å². The highest BCUT2D eigenvalue weighted by Gasteiger charge is 2.10. The highest BCUT2D eigenvalue weighted by molar-refractivity contribution is 5.84. The number of aliphatic hydroxyl groups is 1. The van der Waals surface area contributed by atoms with Gasteiger partial charge in [0.25, 0.3) is 0 Å². The second-order valence-corrected chi connectivity index (χ2v) is 7.76. The van der Waals surface area contributed by atoms with Crippen molar-refractivity contribution in [1.82, 2.24) is 15.1 Å². The molecule has 0 spiro atoms. The van der Waals surface area contributed by atoms with Crippen LogP contribution in [0.3, 0.4) is 0 Å². The maximum atomic E-state index is 10.3. The van der Waals surface area contributed by atoms with Crippen LogP contribution >= 0.6 is 0 Å². The third-order valence-electron chi connectivity index (χ3n) is 5.22. The highest BCUT2D eigenvalue weighted by Crippen LogP contribution is 2.25. The van der Waals surface area contributed by atoms with E-state index in [0.717, 1.165) is 36.0 Å². The van der Waals surface area contributed by atoms with Gasteiger partial charge in [0.05, 0.1) is 17.4 Å². The first kappa shape index (κ1) is 21.1. The minimum absolute atomic E-state index is 0.245. The largest absolute Gasteiger partial charge is 0.490 e. The summed E-state index contributed by atoms with van der Waals surface area (Å²) in [6, 6.07) is 26.6. The Labute approximate surface area is 183 Å². The van der Waals surface area contributed by atoms with E-state index in [9.17, 15) is 5.11 Å². The molecule has 0 aliphatic carbocycles. The van der Waals surface area contributed by atoms with Crippen LogP contribution in [0.5, 0.6) is 5.75 Å². The van der Waals surface area contributed by atoms with E-state index in [-0.39, 0.29) is 6.61 Å². The number of aromatic nitrogens is 2. The molecule has 0 bridgehead atoms. The Morgan fingerprint density at radius 3 is 2.42 bits per heavy atom. The Morgan fingerprint density at radius 2 is 1.65 bits per heavy atom. The summed E-state index contributed by atoms with van der Waals surface area (Å²) in [5, 5.41) is 19.2. The molecule has 0 fully saturated rings. The second kappa shape index (κ2) is 10.8. The van der Waals surface area contributed by atoms with Crippen molar-refractivity contribution < 1.29 is 9.84 Å². The van der Waals surface area contributed by atoms with Gasteiger partial charge in [-0.05, 0) is 42.6 Å². The molecule has 160 valence electrons. The van der Waals surface area contributed by atoms with E-state index < -0.39 is 6.10 Å². The molecule has 31 heavy (non-hydrogen) atoms. The molecule has 1 unspecified atom stereocenters. The smallest absolute Gasteiger partial charge is 0.130 e. The Hall–Kier alpha value is -3.15. The van der Waals surface area contributed by atoms with Crippen molar-refractivity contribution in [3.05, 3.63) is 96.2 Å². The Kier molecular flexibility index (Phi) is 7.32. The molecule has 0 aliphatic rings. The summed E-state index contributed by atoms with van der Waals surface area (Å²) in [5.74, 6) is 0.750. The van der Waals surface area contributed by atoms with Crippen LogP contribution in [-0.4, -0.2) is 40.7 Å². The molecule has 4 aromatic rings. The molecule has 0 amide bonds. The van der Waals surface area contributed by atoms with Gasteiger partial charge in [0.2, 0.25) is 0 Å². The summed E-state index contributed by atoms with van der Waals surface area (Å²) >= 11 is 0. The number of hydrogen-bond acceptors (Lipinski definition) is 4. The Bertz CT molecular complexity index is 1060. The molecule has 1 aromatic heterocycles. The number of nitrogens with zero attached hydrogens (tertiary/aromatic N) is 2. The maximum Gasteiger partial charge on any atom is 0.130 e. The number of fused-ring (bicyclic) bond motifs is 1. The molecule has 0 saturated heterocycles. The zero-order valence-electron chi connectivity index (χ0n) is 17.7. The van der Waals surface area contributed by atoms with Crippen molar-refractivity contribution >= 4 is 10.9 Å². The van der Waals surface area contributed by atoms with Crippen molar-refractivity contribution in [3.63, 3.8) is 0 Å². The van der Waals surface area contributed by atoms with Crippen molar-refractivity contribution in [3.8, 4) is 5.75 Å². The lowest BCUT2D eigenvalue weighted by atomic mass is 10.1. The van der Waals surface area contributed by atoms with Crippen molar-refractivity contribution in [1.29, 1.82) is 0 Å². The second-order valence-electron chi connectivity index (χ2n) is 7.76. The van der Waals surface area contributed by atoms with Crippen LogP contribution in [0.25, 0.3) is 10.9 Å². The third-order valence-corrected chi connectivity index (χ3v) is 5.22. The van der Waals surface area contributed by atoms with Gasteiger partial charge < -0.3 is 15.2 Å². The number of nitrogens with one attached hydrogen (secondary N) is 1. The Morgan fingerprint density at radius 1 is 0.903 bits per heavy atom. The SMILES string of the molecule is OC(CNCCCc1ccccc1)COc1cccc2nn(Cc3ccccc3)cc12. The van der Waals surface area contributed by atoms with E-state index in [1.54, 1.807) is 0 Å². The molecular formula is C26H29N3O2. The van der Waals surface area contributed by atoms with Gasteiger partial charge in [0.1, 0.15) is 18.5 Å². The molecule has 1 atom stereocenters. The zero-order valence-corrected chi connectivity index (χ0v) is 17.7. The van der Waals surface area contributed by atoms with E-state index >= 15 is 0 Å². The third kappa shape index (κ3) is 6.17. The van der Waals surface area contributed by atoms with E-state index in [0.29, 0.717) is 13.1 Å². The molecule has 1 heterocycles. The van der Waals surface area contributed by atoms with E-state index in [1.807, 2.05) is 53.3 Å². The monoisotopic (exact) mass is 415 g/mol. The predicted molar refractivity (Wildman–Crippen MR) is 124 cm³/mol. The number of ether oxygens (including phenoxy) is 1. The van der Waals surface area contributed by atoms with Crippen LogP contribution in [0.2, 0.25) is 0 Å². The summed E-state index contributed by atoms with van der Waals surface area (Å²) in [6.07, 6.45) is 3.52. The molecule has 5 heteroatoms. The number of benzene rings is 3. The minimum atomic E-state index is -0.564. The summed E-state index contributed by atoms with van der Waals surface area (Å²) < 4.78 is 7.86. The topological polar surface area (TPSA) is 59.3 Å². The molecule has 3 aromatic carbocycles. The standard InChI is InChI=1S/C26H29N3O2/c30-23(17-27-16-8-13-21-9-3-1-4-10-21)20-31-26-15-7-14-25-24(26)19-29(28-25)18-22-11-5-2-6-12-22/h1-7,9-12,14-15,19,23,27,30H,8,13,16-18,20H2. The van der Waals surface area contributed by atoms with E-state index in [1.165, 1.54) is 11.1 Å². The van der Waals surface area contributed by atoms with Crippen LogP contribution in [0.4, 0.5) is 0 Å². The molecule has 2 N–H and O–H groups in total. The average molecular weight is 416 g/mol. The molecule has 0 radical (unpaired) electrons. The summed E-state index contributed by atoms with van der Waals surface area (Å²) in [6.45, 7) is 2.34. The Balaban J connectivity index is 1.24. The predicted octanol–water partition coefficient (Wildman–Crippen LogP) is 4.05. The first-order valence-corrected chi connectivity index (χ1v) is 10.8.